The Hall–Kier alpha value is 1.84. The van der Waals surface area contributed by atoms with E-state index in [1.54, 1.807) is 0 Å². The summed E-state index contributed by atoms with van der Waals surface area (Å²) in [6.07, 6.45) is 0. The summed E-state index contributed by atoms with van der Waals surface area (Å²) in [7, 11) is -11.7. The Kier molecular flexibility index (Phi) is 82.9. The molecular formula is B4O12W3-12. The van der Waals surface area contributed by atoms with Gasteiger partial charge in [0.1, 0.15) is 0 Å². The molecular weight excluding hydrogens is 787 g/mol. The van der Waals surface area contributed by atoms with E-state index < -0.39 is 29.3 Å². The molecule has 0 aliphatic carbocycles. The van der Waals surface area contributed by atoms with Crippen molar-refractivity contribution >= 4 is 29.3 Å². The first-order chi connectivity index (χ1) is 6.93. The molecule has 0 aromatic carbocycles. The molecule has 0 rings (SSSR count). The van der Waals surface area contributed by atoms with E-state index in [1.807, 2.05) is 0 Å². The minimum absolute atomic E-state index is 0. The zero-order valence-corrected chi connectivity index (χ0v) is 17.2. The van der Waals surface area contributed by atoms with Crippen molar-refractivity contribution in [2.45, 2.75) is 0 Å². The van der Waals surface area contributed by atoms with E-state index in [-0.39, 0.29) is 63.2 Å². The zero-order valence-electron chi connectivity index (χ0n) is 8.43. The van der Waals surface area contributed by atoms with Gasteiger partial charge >= 0.3 is 0 Å². The molecule has 0 N–H and O–H groups in total. The van der Waals surface area contributed by atoms with E-state index in [1.165, 1.54) is 0 Å². The second-order valence-electron chi connectivity index (χ2n) is 1.15. The second kappa shape index (κ2) is 36.8. The predicted molar refractivity (Wildman–Crippen MR) is 23.0 cm³/mol. The van der Waals surface area contributed by atoms with Crippen LogP contribution >= 0.6 is 0 Å². The molecule has 0 fully saturated rings. The maximum Gasteiger partial charge on any atom is 0 e. The summed E-state index contributed by atoms with van der Waals surface area (Å²) in [5, 5.41) is 101. The van der Waals surface area contributed by atoms with Gasteiger partial charge in [-0.25, -0.2) is 0 Å². The van der Waals surface area contributed by atoms with Crippen LogP contribution in [0.25, 0.3) is 0 Å². The first kappa shape index (κ1) is 42.8. The van der Waals surface area contributed by atoms with E-state index in [0.29, 0.717) is 0 Å². The smallest absolute Gasteiger partial charge is 0 e. The molecule has 0 amide bonds. The summed E-state index contributed by atoms with van der Waals surface area (Å²) < 4.78 is 0. The Morgan fingerprint density at radius 2 is 0.263 bits per heavy atom. The summed E-state index contributed by atoms with van der Waals surface area (Å²) in [5.74, 6) is 0. The molecule has 0 radical (unpaired) electrons. The van der Waals surface area contributed by atoms with Crippen LogP contribution in [0.3, 0.4) is 0 Å². The van der Waals surface area contributed by atoms with E-state index in [9.17, 15) is 0 Å². The van der Waals surface area contributed by atoms with Crippen LogP contribution in [0.5, 0.6) is 0 Å². The fourth-order valence-corrected chi connectivity index (χ4v) is 0. The van der Waals surface area contributed by atoms with Crippen LogP contribution in [0.1, 0.15) is 0 Å². The zero-order chi connectivity index (χ0) is 14.3. The molecule has 19 heteroatoms. The molecule has 0 aromatic rings. The average molecular weight is 787 g/mol. The molecule has 0 saturated carbocycles. The van der Waals surface area contributed by atoms with Gasteiger partial charge in [0.15, 0.2) is 0 Å². The molecule has 0 aliphatic rings. The van der Waals surface area contributed by atoms with Crippen molar-refractivity contribution in [1.82, 2.24) is 0 Å². The molecule has 114 valence electrons. The van der Waals surface area contributed by atoms with Gasteiger partial charge in [0.2, 0.25) is 0 Å². The molecule has 0 unspecified atom stereocenters. The number of hydrogen-bond donors (Lipinski definition) is 0. The van der Waals surface area contributed by atoms with Crippen LogP contribution in [-0.2, 0) is 63.2 Å². The van der Waals surface area contributed by atoms with Crippen molar-refractivity contribution in [1.29, 1.82) is 0 Å². The first-order valence-electron chi connectivity index (χ1n) is 2.83. The molecule has 0 bridgehead atoms. The maximum atomic E-state index is 8.42. The molecule has 0 aromatic heterocycles. The minimum atomic E-state index is -2.92. The molecule has 0 spiro atoms. The van der Waals surface area contributed by atoms with Crippen LogP contribution in [-0.4, -0.2) is 29.3 Å². The average Bonchev–Trinajstić information content (AvgIpc) is 1.76. The normalized spacial score (nSPS) is 5.68. The van der Waals surface area contributed by atoms with Crippen molar-refractivity contribution in [3.63, 3.8) is 0 Å². The van der Waals surface area contributed by atoms with Crippen molar-refractivity contribution < 1.29 is 123 Å². The number of rotatable bonds is 0. The maximum absolute atomic E-state index is 8.42. The Morgan fingerprint density at radius 3 is 0.263 bits per heavy atom. The summed E-state index contributed by atoms with van der Waals surface area (Å²) in [5.41, 5.74) is 0. The van der Waals surface area contributed by atoms with Crippen LogP contribution in [0.4, 0.5) is 0 Å². The number of hydrogen-bond acceptors (Lipinski definition) is 12. The summed E-state index contributed by atoms with van der Waals surface area (Å²) in [6.45, 7) is 0. The predicted octanol–water partition coefficient (Wildman–Crippen LogP) is -15.8. The van der Waals surface area contributed by atoms with E-state index in [2.05, 4.69) is 0 Å². The standard InChI is InChI=1S/4BO3.3W/c4*2-1(3)4;;;/q4*-3;;;. The van der Waals surface area contributed by atoms with Gasteiger partial charge in [-0.3, -0.25) is 29.3 Å². The van der Waals surface area contributed by atoms with Crippen molar-refractivity contribution in [2.75, 3.05) is 0 Å². The van der Waals surface area contributed by atoms with Gasteiger partial charge in [0, 0.05) is 63.2 Å². The van der Waals surface area contributed by atoms with Crippen LogP contribution in [0.2, 0.25) is 0 Å². The third-order valence-corrected chi connectivity index (χ3v) is 0. The van der Waals surface area contributed by atoms with Gasteiger partial charge in [0.05, 0.1) is 0 Å². The van der Waals surface area contributed by atoms with Gasteiger partial charge in [-0.1, -0.05) is 0 Å². The minimum Gasteiger partial charge on any atom is -0.907 e. The Bertz CT molecular complexity index is 68.0. The monoisotopic (exact) mass is 788 g/mol. The Labute approximate surface area is 152 Å². The third-order valence-electron chi connectivity index (χ3n) is 0. The summed E-state index contributed by atoms with van der Waals surface area (Å²) in [6, 6.07) is 0. The Morgan fingerprint density at radius 1 is 0.263 bits per heavy atom. The second-order valence-corrected chi connectivity index (χ2v) is 1.15. The molecule has 0 aliphatic heterocycles. The van der Waals surface area contributed by atoms with Crippen molar-refractivity contribution in [2.24, 2.45) is 0 Å². The largest absolute Gasteiger partial charge is 0.907 e. The topological polar surface area (TPSA) is 277 Å². The SMILES string of the molecule is [O-]B([O-])[O-].[O-]B([O-])[O-].[O-]B([O-])[O-].[O-]B([O-])[O-].[W].[W].[W]. The van der Waals surface area contributed by atoms with Crippen LogP contribution in [0.15, 0.2) is 0 Å². The fraction of sp³-hybridized carbons (Fsp3) is 0. The van der Waals surface area contributed by atoms with Gasteiger partial charge in [0.25, 0.3) is 0 Å². The van der Waals surface area contributed by atoms with Gasteiger partial charge in [-0.15, -0.1) is 0 Å². The molecule has 12 nitrogen and oxygen atoms in total. The summed E-state index contributed by atoms with van der Waals surface area (Å²) in [4.78, 5) is 0. The van der Waals surface area contributed by atoms with Gasteiger partial charge in [-0.05, 0) is 0 Å². The first-order valence-corrected chi connectivity index (χ1v) is 2.83. The van der Waals surface area contributed by atoms with E-state index in [4.69, 9.17) is 60.3 Å². The van der Waals surface area contributed by atoms with E-state index in [0.717, 1.165) is 0 Å². The molecule has 0 heterocycles. The van der Waals surface area contributed by atoms with Crippen LogP contribution in [0, 0.1) is 0 Å². The van der Waals surface area contributed by atoms with E-state index >= 15 is 0 Å². The van der Waals surface area contributed by atoms with Crippen LogP contribution < -0.4 is 60.3 Å². The fourth-order valence-electron chi connectivity index (χ4n) is 0. The Balaban J connectivity index is -0.0000000192. The van der Waals surface area contributed by atoms with Gasteiger partial charge < -0.3 is 60.3 Å². The van der Waals surface area contributed by atoms with Crippen molar-refractivity contribution in [3.05, 3.63) is 0 Å². The van der Waals surface area contributed by atoms with Gasteiger partial charge in [-0.2, -0.15) is 0 Å². The molecule has 19 heavy (non-hydrogen) atoms. The molecule has 0 atom stereocenters. The third kappa shape index (κ3) is 1860. The van der Waals surface area contributed by atoms with Crippen molar-refractivity contribution in [3.8, 4) is 0 Å². The molecule has 0 saturated heterocycles. The summed E-state index contributed by atoms with van der Waals surface area (Å²) >= 11 is 0. The quantitative estimate of drug-likeness (QED) is 0.207.